The molecule has 0 radical (unpaired) electrons. The van der Waals surface area contributed by atoms with Gasteiger partial charge in [-0.05, 0) is 42.0 Å². The lowest BCUT2D eigenvalue weighted by Crippen LogP contribution is -2.36. The van der Waals surface area contributed by atoms with E-state index >= 15 is 0 Å². The maximum Gasteiger partial charge on any atom is 0.226 e. The van der Waals surface area contributed by atoms with Crippen molar-refractivity contribution in [1.82, 2.24) is 10.3 Å². The first-order valence-corrected chi connectivity index (χ1v) is 10.2. The fourth-order valence-corrected chi connectivity index (χ4v) is 3.52. The monoisotopic (exact) mass is 423 g/mol. The van der Waals surface area contributed by atoms with Gasteiger partial charge in [-0.15, -0.1) is 0 Å². The number of ether oxygens (including phenoxy) is 1. The minimum atomic E-state index is -0.339. The highest BCUT2D eigenvalue weighted by atomic mass is 19.1. The van der Waals surface area contributed by atoms with Crippen molar-refractivity contribution in [2.24, 2.45) is 0 Å². The highest BCUT2D eigenvalue weighted by Gasteiger charge is 2.14. The molecule has 1 amide bonds. The van der Waals surface area contributed by atoms with Crippen LogP contribution in [0.1, 0.15) is 11.3 Å². The fraction of sp³-hybridized carbons (Fsp3) is 0.250. The smallest absolute Gasteiger partial charge is 0.226 e. The van der Waals surface area contributed by atoms with E-state index in [1.54, 1.807) is 36.5 Å². The molecule has 0 unspecified atom stereocenters. The van der Waals surface area contributed by atoms with Crippen LogP contribution in [-0.4, -0.2) is 37.2 Å². The van der Waals surface area contributed by atoms with Crippen LogP contribution in [0, 0.1) is 11.6 Å². The van der Waals surface area contributed by atoms with E-state index in [2.05, 4.69) is 15.2 Å². The zero-order chi connectivity index (χ0) is 21.6. The number of hydrogen-bond acceptors (Lipinski definition) is 4. The SMILES string of the molecule is O=C(Cc1ccc(-c2ccc(N3CCOCC3)cc2F)cn1)NCc1cccc(F)c1. The van der Waals surface area contributed by atoms with E-state index in [-0.39, 0.29) is 30.5 Å². The molecule has 1 aliphatic heterocycles. The van der Waals surface area contributed by atoms with Gasteiger partial charge in [-0.25, -0.2) is 8.78 Å². The zero-order valence-corrected chi connectivity index (χ0v) is 17.0. The predicted molar refractivity (Wildman–Crippen MR) is 115 cm³/mol. The Bertz CT molecular complexity index is 1050. The van der Waals surface area contributed by atoms with Crippen LogP contribution in [0.5, 0.6) is 0 Å². The second-order valence-corrected chi connectivity index (χ2v) is 7.39. The quantitative estimate of drug-likeness (QED) is 0.657. The van der Waals surface area contributed by atoms with E-state index in [9.17, 15) is 13.6 Å². The molecule has 160 valence electrons. The zero-order valence-electron chi connectivity index (χ0n) is 17.0. The minimum Gasteiger partial charge on any atom is -0.378 e. The molecule has 0 aliphatic carbocycles. The molecule has 1 saturated heterocycles. The maximum absolute atomic E-state index is 14.7. The van der Waals surface area contributed by atoms with Gasteiger partial charge in [0.1, 0.15) is 11.6 Å². The summed E-state index contributed by atoms with van der Waals surface area (Å²) in [6.45, 7) is 3.02. The number of pyridine rings is 1. The molecule has 5 nitrogen and oxygen atoms in total. The van der Waals surface area contributed by atoms with Crippen LogP contribution in [0.2, 0.25) is 0 Å². The summed E-state index contributed by atoms with van der Waals surface area (Å²) in [6, 6.07) is 14.7. The summed E-state index contributed by atoms with van der Waals surface area (Å²) < 4.78 is 33.3. The Morgan fingerprint density at radius 2 is 1.90 bits per heavy atom. The molecule has 7 heteroatoms. The fourth-order valence-electron chi connectivity index (χ4n) is 3.52. The first kappa shape index (κ1) is 20.9. The number of carbonyl (C=O) groups excluding carboxylic acids is 1. The number of aromatic nitrogens is 1. The number of nitrogens with zero attached hydrogens (tertiary/aromatic N) is 2. The Balaban J connectivity index is 1.37. The highest BCUT2D eigenvalue weighted by Crippen LogP contribution is 2.27. The Morgan fingerprint density at radius 3 is 2.61 bits per heavy atom. The minimum absolute atomic E-state index is 0.0913. The third-order valence-corrected chi connectivity index (χ3v) is 5.19. The molecular weight excluding hydrogens is 400 g/mol. The van der Waals surface area contributed by atoms with E-state index in [1.807, 2.05) is 6.07 Å². The molecule has 2 aromatic carbocycles. The van der Waals surface area contributed by atoms with E-state index < -0.39 is 0 Å². The topological polar surface area (TPSA) is 54.5 Å². The van der Waals surface area contributed by atoms with Gasteiger partial charge in [0.25, 0.3) is 0 Å². The Hall–Kier alpha value is -3.32. The van der Waals surface area contributed by atoms with Crippen molar-refractivity contribution in [3.63, 3.8) is 0 Å². The average Bonchev–Trinajstić information content (AvgIpc) is 2.79. The van der Waals surface area contributed by atoms with E-state index in [0.29, 0.717) is 35.6 Å². The Kier molecular flexibility index (Phi) is 6.52. The lowest BCUT2D eigenvalue weighted by Gasteiger charge is -2.29. The number of hydrogen-bond donors (Lipinski definition) is 1. The van der Waals surface area contributed by atoms with Crippen molar-refractivity contribution in [2.45, 2.75) is 13.0 Å². The van der Waals surface area contributed by atoms with Crippen molar-refractivity contribution >= 4 is 11.6 Å². The Labute approximate surface area is 179 Å². The molecule has 0 spiro atoms. The Morgan fingerprint density at radius 1 is 1.06 bits per heavy atom. The second kappa shape index (κ2) is 9.66. The number of nitrogens with one attached hydrogen (secondary N) is 1. The number of amides is 1. The van der Waals surface area contributed by atoms with E-state index in [1.165, 1.54) is 18.2 Å². The van der Waals surface area contributed by atoms with Crippen LogP contribution < -0.4 is 10.2 Å². The van der Waals surface area contributed by atoms with Gasteiger partial charge < -0.3 is 15.0 Å². The predicted octanol–water partition coefficient (Wildman–Crippen LogP) is 3.72. The first-order chi connectivity index (χ1) is 15.1. The molecule has 31 heavy (non-hydrogen) atoms. The van der Waals surface area contributed by atoms with Gasteiger partial charge >= 0.3 is 0 Å². The molecule has 1 N–H and O–H groups in total. The molecule has 1 aromatic heterocycles. The summed E-state index contributed by atoms with van der Waals surface area (Å²) in [5.74, 6) is -0.869. The van der Waals surface area contributed by atoms with Crippen molar-refractivity contribution in [3.8, 4) is 11.1 Å². The highest BCUT2D eigenvalue weighted by molar-refractivity contribution is 5.78. The molecular formula is C24H23F2N3O2. The normalized spacial score (nSPS) is 13.8. The second-order valence-electron chi connectivity index (χ2n) is 7.39. The number of rotatable bonds is 6. The first-order valence-electron chi connectivity index (χ1n) is 10.2. The van der Waals surface area contributed by atoms with Crippen LogP contribution in [0.15, 0.2) is 60.8 Å². The van der Waals surface area contributed by atoms with Crippen LogP contribution in [-0.2, 0) is 22.5 Å². The van der Waals surface area contributed by atoms with E-state index in [0.717, 1.165) is 18.8 Å². The van der Waals surface area contributed by atoms with Crippen molar-refractivity contribution in [3.05, 3.63) is 83.7 Å². The van der Waals surface area contributed by atoms with Crippen molar-refractivity contribution in [1.29, 1.82) is 0 Å². The van der Waals surface area contributed by atoms with Gasteiger partial charge in [0, 0.05) is 48.3 Å². The summed E-state index contributed by atoms with van der Waals surface area (Å²) in [5, 5.41) is 2.75. The van der Waals surface area contributed by atoms with E-state index in [4.69, 9.17) is 4.74 Å². The molecule has 1 aliphatic rings. The largest absolute Gasteiger partial charge is 0.378 e. The van der Waals surface area contributed by atoms with Gasteiger partial charge in [0.15, 0.2) is 0 Å². The summed E-state index contributed by atoms with van der Waals surface area (Å²) in [7, 11) is 0. The maximum atomic E-state index is 14.7. The standard InChI is InChI=1S/C24H23F2N3O2/c25-19-3-1-2-17(12-19)15-28-24(30)13-20-5-4-18(16-27-20)22-7-6-21(14-23(22)26)29-8-10-31-11-9-29/h1-7,12,14,16H,8-11,13,15H2,(H,28,30). The third kappa shape index (κ3) is 5.44. The van der Waals surface area contributed by atoms with Gasteiger partial charge in [0.2, 0.25) is 5.91 Å². The molecule has 0 saturated carbocycles. The van der Waals surface area contributed by atoms with Crippen LogP contribution in [0.3, 0.4) is 0 Å². The average molecular weight is 423 g/mol. The van der Waals surface area contributed by atoms with Gasteiger partial charge in [0.05, 0.1) is 19.6 Å². The molecule has 0 atom stereocenters. The molecule has 1 fully saturated rings. The lowest BCUT2D eigenvalue weighted by atomic mass is 10.1. The number of benzene rings is 2. The van der Waals surface area contributed by atoms with Crippen LogP contribution in [0.4, 0.5) is 14.5 Å². The summed E-state index contributed by atoms with van der Waals surface area (Å²) in [4.78, 5) is 18.5. The van der Waals surface area contributed by atoms with Crippen LogP contribution >= 0.6 is 0 Å². The summed E-state index contributed by atoms with van der Waals surface area (Å²) in [6.07, 6.45) is 1.66. The van der Waals surface area contributed by atoms with Crippen molar-refractivity contribution < 1.29 is 18.3 Å². The van der Waals surface area contributed by atoms with Crippen molar-refractivity contribution in [2.75, 3.05) is 31.2 Å². The molecule has 3 aromatic rings. The summed E-state index contributed by atoms with van der Waals surface area (Å²) in [5.41, 5.74) is 3.21. The van der Waals surface area contributed by atoms with Gasteiger partial charge in [-0.2, -0.15) is 0 Å². The molecule has 2 heterocycles. The number of morpholine rings is 1. The van der Waals surface area contributed by atoms with Gasteiger partial charge in [-0.3, -0.25) is 9.78 Å². The van der Waals surface area contributed by atoms with Crippen LogP contribution in [0.25, 0.3) is 11.1 Å². The molecule has 0 bridgehead atoms. The summed E-state index contributed by atoms with van der Waals surface area (Å²) >= 11 is 0. The lowest BCUT2D eigenvalue weighted by molar-refractivity contribution is -0.120. The number of halogens is 2. The molecule has 4 rings (SSSR count). The number of carbonyl (C=O) groups is 1. The third-order valence-electron chi connectivity index (χ3n) is 5.19. The number of anilines is 1. The van der Waals surface area contributed by atoms with Gasteiger partial charge in [-0.1, -0.05) is 18.2 Å².